The molecule has 0 spiro atoms. The third-order valence-electron chi connectivity index (χ3n) is 4.29. The molecule has 0 unspecified atom stereocenters. The lowest BCUT2D eigenvalue weighted by Crippen LogP contribution is -2.14. The summed E-state index contributed by atoms with van der Waals surface area (Å²) in [5.74, 6) is 0.0159. The zero-order valence-electron chi connectivity index (χ0n) is 16.1. The van der Waals surface area contributed by atoms with Crippen molar-refractivity contribution in [2.45, 2.75) is 6.92 Å². The van der Waals surface area contributed by atoms with E-state index in [9.17, 15) is 14.4 Å². The van der Waals surface area contributed by atoms with Crippen LogP contribution in [-0.2, 0) is 0 Å². The first-order valence-corrected chi connectivity index (χ1v) is 8.94. The van der Waals surface area contributed by atoms with Crippen LogP contribution in [0.3, 0.4) is 0 Å². The monoisotopic (exact) mass is 388 g/mol. The third-order valence-corrected chi connectivity index (χ3v) is 4.29. The third kappa shape index (κ3) is 5.07. The summed E-state index contributed by atoms with van der Waals surface area (Å²) in [5.41, 5.74) is 2.62. The van der Waals surface area contributed by atoms with Gasteiger partial charge in [-0.1, -0.05) is 6.07 Å². The molecule has 2 N–H and O–H groups in total. The number of methoxy groups -OCH3 is 1. The van der Waals surface area contributed by atoms with Crippen LogP contribution in [0.4, 0.5) is 11.4 Å². The molecule has 2 amide bonds. The van der Waals surface area contributed by atoms with E-state index in [-0.39, 0.29) is 17.6 Å². The molecule has 6 heteroatoms. The number of rotatable bonds is 6. The number of hydrogen-bond donors (Lipinski definition) is 2. The van der Waals surface area contributed by atoms with Crippen molar-refractivity contribution in [1.29, 1.82) is 0 Å². The van der Waals surface area contributed by atoms with Crippen LogP contribution in [0.5, 0.6) is 5.75 Å². The number of carbonyl (C=O) groups excluding carboxylic acids is 3. The summed E-state index contributed by atoms with van der Waals surface area (Å²) in [5, 5.41) is 5.55. The number of carbonyl (C=O) groups is 3. The van der Waals surface area contributed by atoms with Gasteiger partial charge in [0.25, 0.3) is 11.8 Å². The van der Waals surface area contributed by atoms with Gasteiger partial charge >= 0.3 is 0 Å². The molecule has 0 aliphatic carbocycles. The van der Waals surface area contributed by atoms with E-state index < -0.39 is 0 Å². The number of anilines is 2. The summed E-state index contributed by atoms with van der Waals surface area (Å²) in [6.45, 7) is 1.49. The standard InChI is InChI=1S/C23H20N2O4/c1-15(26)16-10-12-19(13-11-16)24-22(27)17-6-8-18(9-7-17)23(28)25-20-4-3-5-21(14-20)29-2/h3-14H,1-2H3,(H,24,27)(H,25,28). The van der Waals surface area contributed by atoms with Crippen LogP contribution in [0, 0.1) is 0 Å². The van der Waals surface area contributed by atoms with Crippen molar-refractivity contribution in [1.82, 2.24) is 0 Å². The minimum absolute atomic E-state index is 0.0364. The number of ketones is 1. The Hall–Kier alpha value is -3.93. The van der Waals surface area contributed by atoms with E-state index in [0.29, 0.717) is 33.8 Å². The lowest BCUT2D eigenvalue weighted by Gasteiger charge is -2.08. The Morgan fingerprint density at radius 3 is 1.72 bits per heavy atom. The number of benzene rings is 3. The maximum absolute atomic E-state index is 12.4. The Bertz CT molecular complexity index is 1040. The maximum Gasteiger partial charge on any atom is 0.255 e. The highest BCUT2D eigenvalue weighted by Crippen LogP contribution is 2.18. The van der Waals surface area contributed by atoms with Gasteiger partial charge in [0.2, 0.25) is 0 Å². The van der Waals surface area contributed by atoms with Gasteiger partial charge in [-0.15, -0.1) is 0 Å². The zero-order chi connectivity index (χ0) is 20.8. The largest absolute Gasteiger partial charge is 0.497 e. The van der Waals surface area contributed by atoms with Crippen molar-refractivity contribution in [3.05, 3.63) is 89.5 Å². The average Bonchev–Trinajstić information content (AvgIpc) is 2.74. The number of amides is 2. The maximum atomic E-state index is 12.4. The highest BCUT2D eigenvalue weighted by atomic mass is 16.5. The highest BCUT2D eigenvalue weighted by Gasteiger charge is 2.10. The Kier molecular flexibility index (Phi) is 6.04. The van der Waals surface area contributed by atoms with E-state index in [2.05, 4.69) is 10.6 Å². The Morgan fingerprint density at radius 2 is 1.21 bits per heavy atom. The summed E-state index contributed by atoms with van der Waals surface area (Å²) >= 11 is 0. The fourth-order valence-electron chi connectivity index (χ4n) is 2.67. The normalized spacial score (nSPS) is 10.1. The van der Waals surface area contributed by atoms with Crippen LogP contribution < -0.4 is 15.4 Å². The van der Waals surface area contributed by atoms with Gasteiger partial charge in [0.1, 0.15) is 5.75 Å². The van der Waals surface area contributed by atoms with Gasteiger partial charge < -0.3 is 15.4 Å². The second-order valence-corrected chi connectivity index (χ2v) is 6.35. The Balaban J connectivity index is 1.64. The molecule has 0 aliphatic heterocycles. The van der Waals surface area contributed by atoms with Crippen molar-refractivity contribution in [2.24, 2.45) is 0 Å². The topological polar surface area (TPSA) is 84.5 Å². The second-order valence-electron chi connectivity index (χ2n) is 6.35. The minimum atomic E-state index is -0.305. The molecule has 0 radical (unpaired) electrons. The predicted molar refractivity (Wildman–Crippen MR) is 112 cm³/mol. The minimum Gasteiger partial charge on any atom is -0.497 e. The van der Waals surface area contributed by atoms with Crippen LogP contribution in [0.2, 0.25) is 0 Å². The summed E-state index contributed by atoms with van der Waals surface area (Å²) in [6, 6.07) is 20.0. The van der Waals surface area contributed by atoms with E-state index in [1.54, 1.807) is 79.9 Å². The molecule has 0 aliphatic rings. The summed E-state index contributed by atoms with van der Waals surface area (Å²) in [6.07, 6.45) is 0. The van der Waals surface area contributed by atoms with Crippen molar-refractivity contribution in [3.63, 3.8) is 0 Å². The number of hydrogen-bond acceptors (Lipinski definition) is 4. The van der Waals surface area contributed by atoms with E-state index >= 15 is 0 Å². The lowest BCUT2D eigenvalue weighted by atomic mass is 10.1. The molecule has 0 saturated heterocycles. The van der Waals surface area contributed by atoms with Crippen molar-refractivity contribution in [3.8, 4) is 5.75 Å². The predicted octanol–water partition coefficient (Wildman–Crippen LogP) is 4.40. The molecule has 3 aromatic rings. The van der Waals surface area contributed by atoms with E-state index in [1.165, 1.54) is 6.92 Å². The molecule has 3 aromatic carbocycles. The SMILES string of the molecule is COc1cccc(NC(=O)c2ccc(C(=O)Nc3ccc(C(C)=O)cc3)cc2)c1. The first-order chi connectivity index (χ1) is 14.0. The molecule has 29 heavy (non-hydrogen) atoms. The highest BCUT2D eigenvalue weighted by molar-refractivity contribution is 6.07. The van der Waals surface area contributed by atoms with Crippen LogP contribution >= 0.6 is 0 Å². The van der Waals surface area contributed by atoms with Crippen molar-refractivity contribution < 1.29 is 19.1 Å². The average molecular weight is 388 g/mol. The first-order valence-electron chi connectivity index (χ1n) is 8.94. The molecule has 0 saturated carbocycles. The zero-order valence-corrected chi connectivity index (χ0v) is 16.1. The number of Topliss-reactive ketones (excluding diaryl/α,β-unsaturated/α-hetero) is 1. The van der Waals surface area contributed by atoms with Crippen LogP contribution in [-0.4, -0.2) is 24.7 Å². The van der Waals surface area contributed by atoms with Gasteiger partial charge in [0.05, 0.1) is 7.11 Å². The second kappa shape index (κ2) is 8.84. The lowest BCUT2D eigenvalue weighted by molar-refractivity contribution is 0.101. The van der Waals surface area contributed by atoms with E-state index in [1.807, 2.05) is 0 Å². The molecule has 6 nitrogen and oxygen atoms in total. The number of ether oxygens (including phenoxy) is 1. The van der Waals surface area contributed by atoms with E-state index in [4.69, 9.17) is 4.74 Å². The fraction of sp³-hybridized carbons (Fsp3) is 0.0870. The molecule has 0 bridgehead atoms. The van der Waals surface area contributed by atoms with Gasteiger partial charge in [0.15, 0.2) is 5.78 Å². The van der Waals surface area contributed by atoms with Crippen LogP contribution in [0.25, 0.3) is 0 Å². The molecule has 0 aromatic heterocycles. The summed E-state index contributed by atoms with van der Waals surface area (Å²) < 4.78 is 5.14. The van der Waals surface area contributed by atoms with E-state index in [0.717, 1.165) is 0 Å². The van der Waals surface area contributed by atoms with Crippen molar-refractivity contribution in [2.75, 3.05) is 17.7 Å². The quantitative estimate of drug-likeness (QED) is 0.613. The summed E-state index contributed by atoms with van der Waals surface area (Å²) in [4.78, 5) is 36.1. The van der Waals surface area contributed by atoms with Gasteiger partial charge in [-0.25, -0.2) is 0 Å². The number of nitrogens with one attached hydrogen (secondary N) is 2. The molecule has 0 atom stereocenters. The van der Waals surface area contributed by atoms with Gasteiger partial charge in [-0.3, -0.25) is 14.4 Å². The van der Waals surface area contributed by atoms with Crippen LogP contribution in [0.15, 0.2) is 72.8 Å². The molecule has 3 rings (SSSR count). The Morgan fingerprint density at radius 1 is 0.690 bits per heavy atom. The molecular weight excluding hydrogens is 368 g/mol. The van der Waals surface area contributed by atoms with Crippen molar-refractivity contribution >= 4 is 29.0 Å². The molecule has 146 valence electrons. The first kappa shape index (κ1) is 19.8. The van der Waals surface area contributed by atoms with Gasteiger partial charge in [-0.2, -0.15) is 0 Å². The molecular formula is C23H20N2O4. The van der Waals surface area contributed by atoms with Gasteiger partial charge in [-0.05, 0) is 67.6 Å². The van der Waals surface area contributed by atoms with Crippen LogP contribution in [0.1, 0.15) is 38.0 Å². The van der Waals surface area contributed by atoms with Gasteiger partial charge in [0, 0.05) is 34.1 Å². The molecule has 0 heterocycles. The molecule has 0 fully saturated rings. The Labute approximate surface area is 168 Å². The summed E-state index contributed by atoms with van der Waals surface area (Å²) in [7, 11) is 1.56. The fourth-order valence-corrected chi connectivity index (χ4v) is 2.67. The smallest absolute Gasteiger partial charge is 0.255 e.